The summed E-state index contributed by atoms with van der Waals surface area (Å²) < 4.78 is 5.72. The highest BCUT2D eigenvalue weighted by Gasteiger charge is 2.21. The molecule has 0 radical (unpaired) electrons. The second kappa shape index (κ2) is 6.92. The average Bonchev–Trinajstić information content (AvgIpc) is 2.54. The maximum atomic E-state index is 12.4. The molecule has 3 nitrogen and oxygen atoms in total. The van der Waals surface area contributed by atoms with Crippen molar-refractivity contribution >= 4 is 17.4 Å². The van der Waals surface area contributed by atoms with Gasteiger partial charge in [-0.05, 0) is 24.6 Å². The van der Waals surface area contributed by atoms with Gasteiger partial charge in [-0.1, -0.05) is 48.9 Å². The first-order valence-electron chi connectivity index (χ1n) is 6.61. The Bertz CT molecular complexity index is 677. The molecule has 0 aliphatic heterocycles. The van der Waals surface area contributed by atoms with Crippen molar-refractivity contribution in [1.29, 1.82) is 5.26 Å². The minimum absolute atomic E-state index is 0.0847. The highest BCUT2D eigenvalue weighted by Crippen LogP contribution is 2.27. The summed E-state index contributed by atoms with van der Waals surface area (Å²) in [6, 6.07) is 15.8. The van der Waals surface area contributed by atoms with E-state index in [4.69, 9.17) is 21.6 Å². The molecule has 0 saturated carbocycles. The van der Waals surface area contributed by atoms with E-state index in [1.54, 1.807) is 24.3 Å². The maximum Gasteiger partial charge on any atom is 0.203 e. The molecule has 1 atom stereocenters. The Hall–Kier alpha value is -2.31. The van der Waals surface area contributed by atoms with Crippen LogP contribution in [0.3, 0.4) is 0 Å². The van der Waals surface area contributed by atoms with Crippen LogP contribution in [0.2, 0.25) is 5.02 Å². The van der Waals surface area contributed by atoms with Gasteiger partial charge in [0.05, 0.1) is 16.7 Å². The first kappa shape index (κ1) is 15.1. The van der Waals surface area contributed by atoms with Gasteiger partial charge in [0.1, 0.15) is 5.75 Å². The molecule has 0 aliphatic carbocycles. The van der Waals surface area contributed by atoms with E-state index in [1.807, 2.05) is 31.2 Å². The number of carbonyl (C=O) groups is 1. The molecule has 0 fully saturated rings. The van der Waals surface area contributed by atoms with Crippen LogP contribution in [0.25, 0.3) is 0 Å². The monoisotopic (exact) mass is 299 g/mol. The number of nitriles is 1. The van der Waals surface area contributed by atoms with Gasteiger partial charge in [-0.25, -0.2) is 0 Å². The molecule has 0 spiro atoms. The fourth-order valence-electron chi connectivity index (χ4n) is 1.93. The lowest BCUT2D eigenvalue weighted by Gasteiger charge is -2.17. The van der Waals surface area contributed by atoms with E-state index >= 15 is 0 Å². The molecule has 0 saturated heterocycles. The Morgan fingerprint density at radius 3 is 2.57 bits per heavy atom. The molecule has 0 heterocycles. The van der Waals surface area contributed by atoms with Crippen molar-refractivity contribution < 1.29 is 9.53 Å². The summed E-state index contributed by atoms with van der Waals surface area (Å²) in [5, 5.41) is 9.14. The van der Waals surface area contributed by atoms with Gasteiger partial charge in [0.15, 0.2) is 6.10 Å². The van der Waals surface area contributed by atoms with Gasteiger partial charge >= 0.3 is 0 Å². The SMILES string of the molecule is CCC(Oc1ccc(C#N)cc1Cl)C(=O)c1ccccc1. The number of hydrogen-bond donors (Lipinski definition) is 0. The first-order chi connectivity index (χ1) is 10.2. The molecule has 2 aromatic carbocycles. The van der Waals surface area contributed by atoms with E-state index in [-0.39, 0.29) is 5.78 Å². The van der Waals surface area contributed by atoms with Gasteiger partial charge in [-0.2, -0.15) is 5.26 Å². The smallest absolute Gasteiger partial charge is 0.203 e. The third-order valence-electron chi connectivity index (χ3n) is 3.05. The second-order valence-electron chi connectivity index (χ2n) is 4.50. The zero-order chi connectivity index (χ0) is 15.2. The van der Waals surface area contributed by atoms with Crippen LogP contribution in [-0.4, -0.2) is 11.9 Å². The molecule has 1 unspecified atom stereocenters. The number of ketones is 1. The largest absolute Gasteiger partial charge is 0.481 e. The number of nitrogens with zero attached hydrogens (tertiary/aromatic N) is 1. The molecular weight excluding hydrogens is 286 g/mol. The van der Waals surface area contributed by atoms with Crippen LogP contribution in [0.5, 0.6) is 5.75 Å². The van der Waals surface area contributed by atoms with E-state index in [0.717, 1.165) is 0 Å². The third kappa shape index (κ3) is 3.62. The molecule has 106 valence electrons. The van der Waals surface area contributed by atoms with Crippen LogP contribution < -0.4 is 4.74 Å². The minimum Gasteiger partial charge on any atom is -0.481 e. The fraction of sp³-hybridized carbons (Fsp3) is 0.176. The van der Waals surface area contributed by atoms with Gasteiger partial charge in [-0.15, -0.1) is 0 Å². The number of hydrogen-bond acceptors (Lipinski definition) is 3. The molecule has 0 aromatic heterocycles. The summed E-state index contributed by atoms with van der Waals surface area (Å²) in [5.74, 6) is 0.324. The van der Waals surface area contributed by atoms with Gasteiger partial charge in [0.25, 0.3) is 0 Å². The normalized spacial score (nSPS) is 11.5. The molecule has 4 heteroatoms. The standard InChI is InChI=1S/C17H14ClNO2/c1-2-15(17(20)13-6-4-3-5-7-13)21-16-9-8-12(11-19)10-14(16)18/h3-10,15H,2H2,1H3. The highest BCUT2D eigenvalue weighted by atomic mass is 35.5. The zero-order valence-electron chi connectivity index (χ0n) is 11.5. The van der Waals surface area contributed by atoms with Crippen LogP contribution >= 0.6 is 11.6 Å². The number of benzene rings is 2. The number of ether oxygens (including phenoxy) is 1. The molecule has 21 heavy (non-hydrogen) atoms. The Morgan fingerprint density at radius 2 is 2.00 bits per heavy atom. The molecule has 0 bridgehead atoms. The molecular formula is C17H14ClNO2. The topological polar surface area (TPSA) is 50.1 Å². The van der Waals surface area contributed by atoms with Crippen molar-refractivity contribution in [3.05, 3.63) is 64.7 Å². The number of halogens is 1. The van der Waals surface area contributed by atoms with Crippen molar-refractivity contribution in [3.8, 4) is 11.8 Å². The van der Waals surface area contributed by atoms with Crippen LogP contribution in [0.4, 0.5) is 0 Å². The fourth-order valence-corrected chi connectivity index (χ4v) is 2.15. The number of Topliss-reactive ketones (excluding diaryl/α,β-unsaturated/α-hetero) is 1. The van der Waals surface area contributed by atoms with Crippen molar-refractivity contribution in [2.45, 2.75) is 19.4 Å². The van der Waals surface area contributed by atoms with Crippen LogP contribution in [0.1, 0.15) is 29.3 Å². The van der Waals surface area contributed by atoms with Crippen LogP contribution in [0.15, 0.2) is 48.5 Å². The predicted molar refractivity (Wildman–Crippen MR) is 81.6 cm³/mol. The second-order valence-corrected chi connectivity index (χ2v) is 4.91. The first-order valence-corrected chi connectivity index (χ1v) is 6.99. The lowest BCUT2D eigenvalue weighted by molar-refractivity contribution is 0.0787. The minimum atomic E-state index is -0.599. The molecule has 2 rings (SSSR count). The lowest BCUT2D eigenvalue weighted by atomic mass is 10.0. The summed E-state index contributed by atoms with van der Waals surface area (Å²) in [6.45, 7) is 1.88. The van der Waals surface area contributed by atoms with E-state index in [0.29, 0.717) is 28.3 Å². The van der Waals surface area contributed by atoms with Gasteiger partial charge in [0, 0.05) is 5.56 Å². The van der Waals surface area contributed by atoms with E-state index in [1.165, 1.54) is 6.07 Å². The van der Waals surface area contributed by atoms with E-state index in [2.05, 4.69) is 0 Å². The quantitative estimate of drug-likeness (QED) is 0.775. The average molecular weight is 300 g/mol. The number of carbonyl (C=O) groups excluding carboxylic acids is 1. The predicted octanol–water partition coefficient (Wildman–Crippen LogP) is 4.25. The highest BCUT2D eigenvalue weighted by molar-refractivity contribution is 6.32. The summed E-state index contributed by atoms with van der Waals surface area (Å²) >= 11 is 6.07. The summed E-state index contributed by atoms with van der Waals surface area (Å²) in [7, 11) is 0. The van der Waals surface area contributed by atoms with Crippen molar-refractivity contribution in [2.24, 2.45) is 0 Å². The van der Waals surface area contributed by atoms with Crippen molar-refractivity contribution in [1.82, 2.24) is 0 Å². The molecule has 0 amide bonds. The van der Waals surface area contributed by atoms with Gasteiger partial charge in [0.2, 0.25) is 5.78 Å². The Morgan fingerprint density at radius 1 is 1.29 bits per heavy atom. The third-order valence-corrected chi connectivity index (χ3v) is 3.35. The van der Waals surface area contributed by atoms with Crippen LogP contribution in [0, 0.1) is 11.3 Å². The summed E-state index contributed by atoms with van der Waals surface area (Å²) in [4.78, 5) is 12.4. The van der Waals surface area contributed by atoms with Gasteiger partial charge in [-0.3, -0.25) is 4.79 Å². The van der Waals surface area contributed by atoms with Crippen LogP contribution in [-0.2, 0) is 0 Å². The Balaban J connectivity index is 2.20. The number of rotatable bonds is 5. The lowest BCUT2D eigenvalue weighted by Crippen LogP contribution is -2.26. The summed E-state index contributed by atoms with van der Waals surface area (Å²) in [6.07, 6.45) is -0.0674. The molecule has 0 N–H and O–H groups in total. The Labute approximate surface area is 128 Å². The van der Waals surface area contributed by atoms with E-state index in [9.17, 15) is 4.79 Å². The Kier molecular flexibility index (Phi) is 4.97. The summed E-state index contributed by atoms with van der Waals surface area (Å²) in [5.41, 5.74) is 1.06. The maximum absolute atomic E-state index is 12.4. The molecule has 2 aromatic rings. The van der Waals surface area contributed by atoms with Crippen molar-refractivity contribution in [2.75, 3.05) is 0 Å². The van der Waals surface area contributed by atoms with Crippen molar-refractivity contribution in [3.63, 3.8) is 0 Å². The van der Waals surface area contributed by atoms with Gasteiger partial charge < -0.3 is 4.74 Å². The zero-order valence-corrected chi connectivity index (χ0v) is 12.3. The van der Waals surface area contributed by atoms with E-state index < -0.39 is 6.10 Å². The molecule has 0 aliphatic rings.